The van der Waals surface area contributed by atoms with Gasteiger partial charge in [-0.05, 0) is 19.4 Å². The number of hydrogen-bond donors (Lipinski definition) is 1. The van der Waals surface area contributed by atoms with E-state index < -0.39 is 6.55 Å². The van der Waals surface area contributed by atoms with Crippen molar-refractivity contribution in [3.8, 4) is 0 Å². The molecule has 96 valence electrons. The minimum absolute atomic E-state index is 0.0755. The number of nitrogens with zero attached hydrogens (tertiary/aromatic N) is 3. The zero-order chi connectivity index (χ0) is 12.3. The SMILES string of the molecule is OCC1CCCCN1Cc1nccn1C(F)F. The van der Waals surface area contributed by atoms with Crippen LogP contribution < -0.4 is 0 Å². The van der Waals surface area contributed by atoms with Crippen LogP contribution in [0.15, 0.2) is 12.4 Å². The number of alkyl halides is 2. The maximum Gasteiger partial charge on any atom is 0.319 e. The van der Waals surface area contributed by atoms with Crippen LogP contribution in [0.5, 0.6) is 0 Å². The third-order valence-corrected chi connectivity index (χ3v) is 3.26. The van der Waals surface area contributed by atoms with Gasteiger partial charge in [-0.3, -0.25) is 9.47 Å². The third kappa shape index (κ3) is 2.81. The van der Waals surface area contributed by atoms with Crippen molar-refractivity contribution in [2.45, 2.75) is 38.4 Å². The zero-order valence-electron chi connectivity index (χ0n) is 9.60. The molecule has 1 fully saturated rings. The van der Waals surface area contributed by atoms with Crippen LogP contribution in [0.2, 0.25) is 0 Å². The molecule has 0 bridgehead atoms. The topological polar surface area (TPSA) is 41.3 Å². The van der Waals surface area contributed by atoms with E-state index in [1.54, 1.807) is 0 Å². The average molecular weight is 245 g/mol. The molecule has 0 aromatic carbocycles. The summed E-state index contributed by atoms with van der Waals surface area (Å²) < 4.78 is 26.2. The van der Waals surface area contributed by atoms with Gasteiger partial charge in [0.1, 0.15) is 5.82 Å². The summed E-state index contributed by atoms with van der Waals surface area (Å²) in [5.41, 5.74) is 0. The first kappa shape index (κ1) is 12.4. The van der Waals surface area contributed by atoms with E-state index in [1.807, 2.05) is 4.90 Å². The standard InChI is InChI=1S/C11H17F2N3O/c12-11(13)16-6-4-14-10(16)7-15-5-2-1-3-9(15)8-17/h4,6,9,11,17H,1-3,5,7-8H2. The number of hydrogen-bond acceptors (Lipinski definition) is 3. The van der Waals surface area contributed by atoms with E-state index in [4.69, 9.17) is 0 Å². The summed E-state index contributed by atoms with van der Waals surface area (Å²) in [5.74, 6) is 0.361. The largest absolute Gasteiger partial charge is 0.395 e. The number of aliphatic hydroxyl groups is 1. The molecule has 1 aromatic heterocycles. The predicted octanol–water partition coefficient (Wildman–Crippen LogP) is 1.62. The van der Waals surface area contributed by atoms with E-state index in [9.17, 15) is 13.9 Å². The number of aliphatic hydroxyl groups excluding tert-OH is 1. The number of rotatable bonds is 4. The normalized spacial score (nSPS) is 22.2. The number of likely N-dealkylation sites (tertiary alicyclic amines) is 1. The fourth-order valence-electron chi connectivity index (χ4n) is 2.30. The second kappa shape index (κ2) is 5.55. The molecule has 6 heteroatoms. The molecular weight excluding hydrogens is 228 g/mol. The van der Waals surface area contributed by atoms with Crippen molar-refractivity contribution in [3.63, 3.8) is 0 Å². The molecule has 0 radical (unpaired) electrons. The van der Waals surface area contributed by atoms with E-state index in [1.165, 1.54) is 12.4 Å². The van der Waals surface area contributed by atoms with Crippen molar-refractivity contribution in [2.24, 2.45) is 0 Å². The summed E-state index contributed by atoms with van der Waals surface area (Å²) in [6, 6.07) is 0.0755. The number of halogens is 2. The van der Waals surface area contributed by atoms with Gasteiger partial charge in [0, 0.05) is 18.4 Å². The Bertz CT molecular complexity index is 356. The number of aromatic nitrogens is 2. The lowest BCUT2D eigenvalue weighted by molar-refractivity contribution is 0.0524. The van der Waals surface area contributed by atoms with Crippen molar-refractivity contribution in [1.82, 2.24) is 14.5 Å². The van der Waals surface area contributed by atoms with Crippen LogP contribution in [0, 0.1) is 0 Å². The number of imidazole rings is 1. The van der Waals surface area contributed by atoms with Crippen LogP contribution >= 0.6 is 0 Å². The quantitative estimate of drug-likeness (QED) is 0.876. The minimum atomic E-state index is -2.55. The van der Waals surface area contributed by atoms with Crippen molar-refractivity contribution in [3.05, 3.63) is 18.2 Å². The molecule has 2 heterocycles. The molecule has 1 atom stereocenters. The minimum Gasteiger partial charge on any atom is -0.395 e. The van der Waals surface area contributed by atoms with Gasteiger partial charge in [0.2, 0.25) is 0 Å². The molecule has 1 unspecified atom stereocenters. The fraction of sp³-hybridized carbons (Fsp3) is 0.727. The summed E-state index contributed by atoms with van der Waals surface area (Å²) in [4.78, 5) is 5.99. The molecule has 4 nitrogen and oxygen atoms in total. The zero-order valence-corrected chi connectivity index (χ0v) is 9.60. The molecular formula is C11H17F2N3O. The lowest BCUT2D eigenvalue weighted by Gasteiger charge is -2.34. The van der Waals surface area contributed by atoms with Gasteiger partial charge >= 0.3 is 6.55 Å². The first-order valence-corrected chi connectivity index (χ1v) is 5.87. The molecule has 17 heavy (non-hydrogen) atoms. The van der Waals surface area contributed by atoms with Gasteiger partial charge in [0.15, 0.2) is 0 Å². The first-order valence-electron chi connectivity index (χ1n) is 5.87. The smallest absolute Gasteiger partial charge is 0.319 e. The van der Waals surface area contributed by atoms with Crippen molar-refractivity contribution in [2.75, 3.05) is 13.2 Å². The molecule has 1 N–H and O–H groups in total. The van der Waals surface area contributed by atoms with Crippen LogP contribution in [0.3, 0.4) is 0 Å². The molecule has 1 aliphatic heterocycles. The van der Waals surface area contributed by atoms with Crippen molar-refractivity contribution < 1.29 is 13.9 Å². The maximum absolute atomic E-state index is 12.6. The Balaban J connectivity index is 2.05. The van der Waals surface area contributed by atoms with Crippen LogP contribution in [-0.2, 0) is 6.54 Å². The third-order valence-electron chi connectivity index (χ3n) is 3.26. The summed E-state index contributed by atoms with van der Waals surface area (Å²) in [7, 11) is 0. The van der Waals surface area contributed by atoms with Crippen LogP contribution in [0.1, 0.15) is 31.6 Å². The van der Waals surface area contributed by atoms with E-state index in [2.05, 4.69) is 4.98 Å². The molecule has 1 aromatic rings. The second-order valence-corrected chi connectivity index (χ2v) is 4.33. The first-order chi connectivity index (χ1) is 8.22. The Kier molecular flexibility index (Phi) is 4.06. The Morgan fingerprint density at radius 3 is 3.00 bits per heavy atom. The molecule has 0 amide bonds. The fourth-order valence-corrected chi connectivity index (χ4v) is 2.30. The van der Waals surface area contributed by atoms with E-state index >= 15 is 0 Å². The van der Waals surface area contributed by atoms with Gasteiger partial charge in [-0.15, -0.1) is 0 Å². The molecule has 0 aliphatic carbocycles. The van der Waals surface area contributed by atoms with Crippen LogP contribution in [-0.4, -0.2) is 38.8 Å². The highest BCUT2D eigenvalue weighted by Crippen LogP contribution is 2.20. The summed E-state index contributed by atoms with van der Waals surface area (Å²) >= 11 is 0. The Morgan fingerprint density at radius 2 is 2.29 bits per heavy atom. The molecule has 2 rings (SSSR count). The Morgan fingerprint density at radius 1 is 1.47 bits per heavy atom. The van der Waals surface area contributed by atoms with E-state index in [-0.39, 0.29) is 12.6 Å². The van der Waals surface area contributed by atoms with Gasteiger partial charge in [0.25, 0.3) is 0 Å². The lowest BCUT2D eigenvalue weighted by atomic mass is 10.0. The average Bonchev–Trinajstić information content (AvgIpc) is 2.78. The highest BCUT2D eigenvalue weighted by Gasteiger charge is 2.23. The molecule has 0 saturated carbocycles. The monoisotopic (exact) mass is 245 g/mol. The van der Waals surface area contributed by atoms with E-state index in [0.717, 1.165) is 30.4 Å². The number of piperidine rings is 1. The molecule has 1 saturated heterocycles. The van der Waals surface area contributed by atoms with Gasteiger partial charge in [-0.1, -0.05) is 6.42 Å². The van der Waals surface area contributed by atoms with Gasteiger partial charge in [-0.25, -0.2) is 4.98 Å². The summed E-state index contributed by atoms with van der Waals surface area (Å²) in [6.07, 6.45) is 5.74. The predicted molar refractivity (Wildman–Crippen MR) is 58.6 cm³/mol. The van der Waals surface area contributed by atoms with Gasteiger partial charge < -0.3 is 5.11 Å². The van der Waals surface area contributed by atoms with Gasteiger partial charge in [-0.2, -0.15) is 8.78 Å². The highest BCUT2D eigenvalue weighted by atomic mass is 19.3. The Hall–Kier alpha value is -1.01. The van der Waals surface area contributed by atoms with Crippen molar-refractivity contribution >= 4 is 0 Å². The van der Waals surface area contributed by atoms with E-state index in [0.29, 0.717) is 12.4 Å². The molecule has 1 aliphatic rings. The summed E-state index contributed by atoms with van der Waals surface area (Å²) in [5, 5.41) is 9.25. The van der Waals surface area contributed by atoms with Crippen LogP contribution in [0.25, 0.3) is 0 Å². The van der Waals surface area contributed by atoms with Gasteiger partial charge in [0.05, 0.1) is 13.2 Å². The lowest BCUT2D eigenvalue weighted by Crippen LogP contribution is -2.41. The molecule has 0 spiro atoms. The Labute approximate surface area is 98.9 Å². The second-order valence-electron chi connectivity index (χ2n) is 4.33. The maximum atomic E-state index is 12.6. The summed E-state index contributed by atoms with van der Waals surface area (Å²) in [6.45, 7) is -1.26. The van der Waals surface area contributed by atoms with Crippen molar-refractivity contribution in [1.29, 1.82) is 0 Å². The van der Waals surface area contributed by atoms with Crippen LogP contribution in [0.4, 0.5) is 8.78 Å². The highest BCUT2D eigenvalue weighted by molar-refractivity contribution is 4.94.